The van der Waals surface area contributed by atoms with E-state index in [9.17, 15) is 4.79 Å². The molecule has 8 heteroatoms. The lowest BCUT2D eigenvalue weighted by atomic mass is 9.86. The van der Waals surface area contributed by atoms with Gasteiger partial charge in [0.15, 0.2) is 0 Å². The average Bonchev–Trinajstić information content (AvgIpc) is 3.53. The summed E-state index contributed by atoms with van der Waals surface area (Å²) in [4.78, 5) is 27.6. The quantitative estimate of drug-likeness (QED) is 0.519. The molecule has 2 aromatic heterocycles. The highest BCUT2D eigenvalue weighted by molar-refractivity contribution is 7.18. The Kier molecular flexibility index (Phi) is 6.00. The molecule has 1 unspecified atom stereocenters. The standard InChI is InChI=1S/C25H27N5O2S/c1-32-22(31)13-20-12-21-23(27-17-28-24(21)33-20)30-11-8-25(16-30)7-10-29(15-25)14-19-4-2-18(3-5-19)6-9-26/h2-5,12,17H,6-8,10-11,13-16H2,1H3. The van der Waals surface area contributed by atoms with Crippen LogP contribution in [0.2, 0.25) is 0 Å². The van der Waals surface area contributed by atoms with Crippen LogP contribution in [0.25, 0.3) is 10.2 Å². The molecule has 170 valence electrons. The molecule has 0 radical (unpaired) electrons. The first-order valence-electron chi connectivity index (χ1n) is 11.3. The molecule has 0 bridgehead atoms. The summed E-state index contributed by atoms with van der Waals surface area (Å²) in [5.41, 5.74) is 2.67. The number of fused-ring (bicyclic) bond motifs is 1. The minimum Gasteiger partial charge on any atom is -0.469 e. The van der Waals surface area contributed by atoms with Crippen molar-refractivity contribution in [1.29, 1.82) is 5.26 Å². The number of aromatic nitrogens is 2. The van der Waals surface area contributed by atoms with Gasteiger partial charge in [0.05, 0.1) is 31.4 Å². The Morgan fingerprint density at radius 2 is 1.97 bits per heavy atom. The van der Waals surface area contributed by atoms with Crippen molar-refractivity contribution in [2.45, 2.75) is 32.2 Å². The highest BCUT2D eigenvalue weighted by atomic mass is 32.1. The van der Waals surface area contributed by atoms with Gasteiger partial charge in [0, 0.05) is 36.5 Å². The maximum absolute atomic E-state index is 11.7. The molecule has 2 fully saturated rings. The SMILES string of the molecule is COC(=O)Cc1cc2c(N3CCC4(CCN(Cc5ccc(CC#N)cc5)C4)C3)ncnc2s1. The van der Waals surface area contributed by atoms with Crippen LogP contribution in [-0.2, 0) is 28.9 Å². The lowest BCUT2D eigenvalue weighted by Gasteiger charge is -2.25. The normalized spacial score (nSPS) is 20.5. The van der Waals surface area contributed by atoms with Crippen LogP contribution in [0.5, 0.6) is 0 Å². The van der Waals surface area contributed by atoms with Gasteiger partial charge in [-0.25, -0.2) is 9.97 Å². The van der Waals surface area contributed by atoms with Crippen molar-refractivity contribution in [3.8, 4) is 6.07 Å². The summed E-state index contributed by atoms with van der Waals surface area (Å²) in [5.74, 6) is 0.748. The molecular weight excluding hydrogens is 434 g/mol. The maximum atomic E-state index is 11.7. The van der Waals surface area contributed by atoms with Gasteiger partial charge in [-0.3, -0.25) is 9.69 Å². The Hall–Kier alpha value is -3.02. The third kappa shape index (κ3) is 4.56. The van der Waals surface area contributed by atoms with E-state index in [1.807, 2.05) is 6.07 Å². The molecule has 0 amide bonds. The molecule has 0 aliphatic carbocycles. The summed E-state index contributed by atoms with van der Waals surface area (Å²) in [5, 5.41) is 9.89. The summed E-state index contributed by atoms with van der Waals surface area (Å²) < 4.78 is 4.82. The monoisotopic (exact) mass is 461 g/mol. The molecule has 7 nitrogen and oxygen atoms in total. The third-order valence-electron chi connectivity index (χ3n) is 6.87. The Morgan fingerprint density at radius 3 is 2.76 bits per heavy atom. The zero-order valence-corrected chi connectivity index (χ0v) is 19.6. The van der Waals surface area contributed by atoms with Gasteiger partial charge >= 0.3 is 5.97 Å². The molecule has 1 aromatic carbocycles. The van der Waals surface area contributed by atoms with Gasteiger partial charge in [0.2, 0.25) is 0 Å². The summed E-state index contributed by atoms with van der Waals surface area (Å²) in [6.45, 7) is 5.14. The van der Waals surface area contributed by atoms with E-state index in [1.165, 1.54) is 30.4 Å². The molecule has 3 aromatic rings. The van der Waals surface area contributed by atoms with E-state index < -0.39 is 0 Å². The summed E-state index contributed by atoms with van der Waals surface area (Å²) in [6, 6.07) is 12.7. The Morgan fingerprint density at radius 1 is 1.18 bits per heavy atom. The second-order valence-electron chi connectivity index (χ2n) is 9.17. The number of nitriles is 1. The molecule has 4 heterocycles. The summed E-state index contributed by atoms with van der Waals surface area (Å²) >= 11 is 1.54. The lowest BCUT2D eigenvalue weighted by molar-refractivity contribution is -0.139. The first-order valence-corrected chi connectivity index (χ1v) is 12.1. The van der Waals surface area contributed by atoms with Crippen molar-refractivity contribution in [3.63, 3.8) is 0 Å². The average molecular weight is 462 g/mol. The van der Waals surface area contributed by atoms with Gasteiger partial charge in [0.1, 0.15) is 17.0 Å². The van der Waals surface area contributed by atoms with Crippen LogP contribution < -0.4 is 4.90 Å². The van der Waals surface area contributed by atoms with Gasteiger partial charge in [0.25, 0.3) is 0 Å². The van der Waals surface area contributed by atoms with E-state index >= 15 is 0 Å². The van der Waals surface area contributed by atoms with Crippen LogP contribution >= 0.6 is 11.3 Å². The van der Waals surface area contributed by atoms with Gasteiger partial charge in [-0.1, -0.05) is 24.3 Å². The number of methoxy groups -OCH3 is 1. The summed E-state index contributed by atoms with van der Waals surface area (Å²) in [6.07, 6.45) is 4.73. The fraction of sp³-hybridized carbons (Fsp3) is 0.440. The fourth-order valence-electron chi connectivity index (χ4n) is 5.17. The predicted molar refractivity (Wildman–Crippen MR) is 128 cm³/mol. The van der Waals surface area contributed by atoms with Crippen molar-refractivity contribution >= 4 is 33.3 Å². The van der Waals surface area contributed by atoms with Crippen LogP contribution in [0, 0.1) is 16.7 Å². The lowest BCUT2D eigenvalue weighted by Crippen LogP contribution is -2.31. The van der Waals surface area contributed by atoms with Crippen LogP contribution in [-0.4, -0.2) is 54.1 Å². The zero-order valence-electron chi connectivity index (χ0n) is 18.8. The van der Waals surface area contributed by atoms with E-state index in [1.54, 1.807) is 6.33 Å². The number of benzene rings is 1. The molecule has 0 N–H and O–H groups in total. The van der Waals surface area contributed by atoms with Crippen LogP contribution in [0.4, 0.5) is 5.82 Å². The largest absolute Gasteiger partial charge is 0.469 e. The smallest absolute Gasteiger partial charge is 0.310 e. The van der Waals surface area contributed by atoms with E-state index in [4.69, 9.17) is 10.00 Å². The second kappa shape index (κ2) is 9.08. The van der Waals surface area contributed by atoms with Crippen molar-refractivity contribution in [1.82, 2.24) is 14.9 Å². The van der Waals surface area contributed by atoms with Crippen LogP contribution in [0.15, 0.2) is 36.7 Å². The van der Waals surface area contributed by atoms with Gasteiger partial charge in [-0.2, -0.15) is 5.26 Å². The highest BCUT2D eigenvalue weighted by Gasteiger charge is 2.44. The number of anilines is 1. The number of carbonyl (C=O) groups excluding carboxylic acids is 1. The molecule has 1 atom stereocenters. The van der Waals surface area contributed by atoms with Crippen molar-refractivity contribution in [3.05, 3.63) is 52.7 Å². The summed E-state index contributed by atoms with van der Waals surface area (Å²) in [7, 11) is 1.42. The van der Waals surface area contributed by atoms with E-state index in [0.717, 1.165) is 65.6 Å². The number of rotatable bonds is 6. The minimum atomic E-state index is -0.234. The van der Waals surface area contributed by atoms with E-state index in [-0.39, 0.29) is 12.4 Å². The third-order valence-corrected chi connectivity index (χ3v) is 7.92. The number of nitrogens with zero attached hydrogens (tertiary/aromatic N) is 5. The fourth-order valence-corrected chi connectivity index (χ4v) is 6.15. The topological polar surface area (TPSA) is 82.4 Å². The minimum absolute atomic E-state index is 0.234. The van der Waals surface area contributed by atoms with Crippen molar-refractivity contribution in [2.24, 2.45) is 5.41 Å². The van der Waals surface area contributed by atoms with Crippen LogP contribution in [0.1, 0.15) is 28.8 Å². The first kappa shape index (κ1) is 21.8. The van der Waals surface area contributed by atoms with E-state index in [2.05, 4.69) is 50.1 Å². The van der Waals surface area contributed by atoms with Crippen LogP contribution in [0.3, 0.4) is 0 Å². The van der Waals surface area contributed by atoms with Crippen molar-refractivity contribution in [2.75, 3.05) is 38.2 Å². The molecule has 2 saturated heterocycles. The molecule has 1 spiro atoms. The molecule has 33 heavy (non-hydrogen) atoms. The number of hydrogen-bond acceptors (Lipinski definition) is 8. The number of esters is 1. The number of ether oxygens (including phenoxy) is 1. The highest BCUT2D eigenvalue weighted by Crippen LogP contribution is 2.42. The Balaban J connectivity index is 1.26. The number of hydrogen-bond donors (Lipinski definition) is 0. The van der Waals surface area contributed by atoms with Gasteiger partial charge in [-0.15, -0.1) is 11.3 Å². The van der Waals surface area contributed by atoms with Gasteiger partial charge in [-0.05, 0) is 36.6 Å². The molecule has 2 aliphatic rings. The Bertz CT molecular complexity index is 1200. The number of likely N-dealkylation sites (tertiary alicyclic amines) is 1. The first-order chi connectivity index (χ1) is 16.1. The van der Waals surface area contributed by atoms with E-state index in [0.29, 0.717) is 11.8 Å². The maximum Gasteiger partial charge on any atom is 0.310 e. The van der Waals surface area contributed by atoms with Gasteiger partial charge < -0.3 is 9.64 Å². The van der Waals surface area contributed by atoms with Crippen molar-refractivity contribution < 1.29 is 9.53 Å². The molecule has 0 saturated carbocycles. The second-order valence-corrected chi connectivity index (χ2v) is 10.3. The zero-order chi connectivity index (χ0) is 22.8. The molecular formula is C25H27N5O2S. The number of carbonyl (C=O) groups is 1. The molecule has 5 rings (SSSR count). The number of thiophene rings is 1. The molecule has 2 aliphatic heterocycles. The predicted octanol–water partition coefficient (Wildman–Crippen LogP) is 3.58. The Labute approximate surface area is 197 Å².